The van der Waals surface area contributed by atoms with Gasteiger partial charge in [0.1, 0.15) is 0 Å². The number of aryl methyl sites for hydroxylation is 1. The topological polar surface area (TPSA) is 108 Å². The number of carboxylic acid groups (broad SMARTS) is 1. The summed E-state index contributed by atoms with van der Waals surface area (Å²) in [5.41, 5.74) is 2.57. The monoisotopic (exact) mass is 543 g/mol. The number of halogens is 3. The highest BCUT2D eigenvalue weighted by atomic mass is 19.4. The second kappa shape index (κ2) is 12.3. The van der Waals surface area contributed by atoms with Crippen LogP contribution in [0.15, 0.2) is 60.7 Å². The molecule has 3 aromatic rings. The van der Waals surface area contributed by atoms with Gasteiger partial charge in [-0.3, -0.25) is 9.59 Å². The van der Waals surface area contributed by atoms with Gasteiger partial charge in [0.05, 0.1) is 11.6 Å². The summed E-state index contributed by atoms with van der Waals surface area (Å²) in [4.78, 5) is 34.9. The summed E-state index contributed by atoms with van der Waals surface area (Å²) in [5, 5.41) is 18.9. The lowest BCUT2D eigenvalue weighted by Gasteiger charge is -2.33. The number of carboxylic acids is 1. The lowest BCUT2D eigenvalue weighted by Crippen LogP contribution is -2.54. The van der Waals surface area contributed by atoms with E-state index in [1.807, 2.05) is 51.1 Å². The number of fused-ring (bicyclic) bond motifs is 1. The highest BCUT2D eigenvalue weighted by Crippen LogP contribution is 2.26. The van der Waals surface area contributed by atoms with Gasteiger partial charge < -0.3 is 21.1 Å². The molecule has 0 saturated carbocycles. The van der Waals surface area contributed by atoms with Gasteiger partial charge in [-0.25, -0.2) is 4.79 Å². The van der Waals surface area contributed by atoms with E-state index >= 15 is 0 Å². The molecule has 1 saturated heterocycles. The van der Waals surface area contributed by atoms with Crippen molar-refractivity contribution in [3.63, 3.8) is 0 Å². The Bertz CT molecular complexity index is 1350. The Labute approximate surface area is 224 Å². The summed E-state index contributed by atoms with van der Waals surface area (Å²) in [7, 11) is 0. The molecular weight excluding hydrogens is 511 g/mol. The quantitative estimate of drug-likeness (QED) is 0.328. The Morgan fingerprint density at radius 3 is 2.33 bits per heavy atom. The average molecular weight is 544 g/mol. The standard InChI is InChI=1S/C27H31N3O2.C2HF3O2/c1-18-13-14-21(30-26(32)27(3)15-6-7-16-28-27)17-24(18)25(31)29-19(2)22-12-8-10-20-9-4-5-11-23(20)22;3-2(4,5)1(6)7/h4-5,8-14,17,19,28H,6-7,15-16H2,1-3H3,(H,29,31)(H,30,32);(H,6,7)/t19-,27-;/m1./s1. The first kappa shape index (κ1) is 29.6. The first-order valence-electron chi connectivity index (χ1n) is 12.6. The van der Waals surface area contributed by atoms with Crippen molar-refractivity contribution in [2.75, 3.05) is 11.9 Å². The van der Waals surface area contributed by atoms with Crippen LogP contribution in [-0.4, -0.2) is 41.2 Å². The fourth-order valence-electron chi connectivity index (χ4n) is 4.44. The van der Waals surface area contributed by atoms with E-state index in [2.05, 4.69) is 40.2 Å². The van der Waals surface area contributed by atoms with Crippen LogP contribution < -0.4 is 16.0 Å². The molecule has 1 fully saturated rings. The number of carbonyl (C=O) groups excluding carboxylic acids is 2. The normalized spacial score (nSPS) is 17.9. The first-order chi connectivity index (χ1) is 18.3. The fraction of sp³-hybridized carbons (Fsp3) is 0.345. The molecule has 208 valence electrons. The number of aliphatic carboxylic acids is 1. The number of carbonyl (C=O) groups is 3. The molecular formula is C29H32F3N3O4. The molecule has 4 N–H and O–H groups in total. The largest absolute Gasteiger partial charge is 0.490 e. The average Bonchev–Trinajstić information content (AvgIpc) is 2.89. The summed E-state index contributed by atoms with van der Waals surface area (Å²) in [5.74, 6) is -2.97. The predicted molar refractivity (Wildman–Crippen MR) is 144 cm³/mol. The number of rotatable bonds is 5. The van der Waals surface area contributed by atoms with Crippen molar-refractivity contribution in [2.24, 2.45) is 0 Å². The lowest BCUT2D eigenvalue weighted by atomic mass is 9.90. The van der Waals surface area contributed by atoms with Crippen molar-refractivity contribution in [1.29, 1.82) is 0 Å². The third-order valence-electron chi connectivity index (χ3n) is 6.74. The van der Waals surface area contributed by atoms with Gasteiger partial charge in [-0.05, 0) is 80.6 Å². The Kier molecular flexibility index (Phi) is 9.34. The Morgan fingerprint density at radius 1 is 1.03 bits per heavy atom. The van der Waals surface area contributed by atoms with Gasteiger partial charge in [-0.1, -0.05) is 48.5 Å². The minimum absolute atomic E-state index is 0.0588. The van der Waals surface area contributed by atoms with E-state index in [0.29, 0.717) is 11.3 Å². The van der Waals surface area contributed by atoms with E-state index in [1.165, 1.54) is 0 Å². The molecule has 1 aliphatic rings. The molecule has 0 bridgehead atoms. The molecule has 2 atom stereocenters. The Morgan fingerprint density at radius 2 is 1.69 bits per heavy atom. The fourth-order valence-corrected chi connectivity index (χ4v) is 4.44. The van der Waals surface area contributed by atoms with E-state index in [1.54, 1.807) is 6.07 Å². The zero-order valence-corrected chi connectivity index (χ0v) is 22.0. The molecule has 1 heterocycles. The van der Waals surface area contributed by atoms with Gasteiger partial charge in [-0.2, -0.15) is 13.2 Å². The van der Waals surface area contributed by atoms with Crippen LogP contribution in [0.25, 0.3) is 10.8 Å². The summed E-state index contributed by atoms with van der Waals surface area (Å²) >= 11 is 0. The molecule has 2 amide bonds. The van der Waals surface area contributed by atoms with Crippen LogP contribution in [0.3, 0.4) is 0 Å². The molecule has 4 rings (SSSR count). The SMILES string of the molecule is Cc1ccc(NC(=O)[C@@]2(C)CCCCN2)cc1C(=O)N[C@H](C)c1cccc2ccccc12.O=C(O)C(F)(F)F. The minimum Gasteiger partial charge on any atom is -0.475 e. The van der Waals surface area contributed by atoms with Gasteiger partial charge >= 0.3 is 12.1 Å². The second-order valence-corrected chi connectivity index (χ2v) is 9.77. The number of anilines is 1. The Hall–Kier alpha value is -3.92. The van der Waals surface area contributed by atoms with E-state index in [0.717, 1.165) is 47.7 Å². The third-order valence-corrected chi connectivity index (χ3v) is 6.74. The summed E-state index contributed by atoms with van der Waals surface area (Å²) in [6, 6.07) is 19.7. The van der Waals surface area contributed by atoms with E-state index in [-0.39, 0.29) is 17.9 Å². The van der Waals surface area contributed by atoms with Crippen molar-refractivity contribution in [1.82, 2.24) is 10.6 Å². The van der Waals surface area contributed by atoms with Crippen molar-refractivity contribution in [2.45, 2.75) is 57.8 Å². The van der Waals surface area contributed by atoms with Crippen LogP contribution in [0.1, 0.15) is 60.6 Å². The predicted octanol–water partition coefficient (Wildman–Crippen LogP) is 5.74. The first-order valence-corrected chi connectivity index (χ1v) is 12.6. The van der Waals surface area contributed by atoms with Gasteiger partial charge in [0.15, 0.2) is 0 Å². The van der Waals surface area contributed by atoms with E-state index < -0.39 is 17.7 Å². The maximum absolute atomic E-state index is 13.2. The molecule has 0 spiro atoms. The van der Waals surface area contributed by atoms with Crippen molar-refractivity contribution < 1.29 is 32.7 Å². The van der Waals surface area contributed by atoms with Crippen LogP contribution in [0.4, 0.5) is 18.9 Å². The van der Waals surface area contributed by atoms with Crippen LogP contribution in [0.2, 0.25) is 0 Å². The lowest BCUT2D eigenvalue weighted by molar-refractivity contribution is -0.192. The number of piperidine rings is 1. The smallest absolute Gasteiger partial charge is 0.475 e. The van der Waals surface area contributed by atoms with Gasteiger partial charge in [0, 0.05) is 11.3 Å². The maximum atomic E-state index is 13.2. The number of amides is 2. The van der Waals surface area contributed by atoms with E-state index in [9.17, 15) is 22.8 Å². The zero-order chi connectivity index (χ0) is 28.8. The molecule has 0 radical (unpaired) electrons. The van der Waals surface area contributed by atoms with Crippen LogP contribution in [0.5, 0.6) is 0 Å². The van der Waals surface area contributed by atoms with Crippen molar-refractivity contribution in [3.8, 4) is 0 Å². The van der Waals surface area contributed by atoms with Gasteiger partial charge in [0.2, 0.25) is 5.91 Å². The molecule has 10 heteroatoms. The number of nitrogens with one attached hydrogen (secondary N) is 3. The van der Waals surface area contributed by atoms with Gasteiger partial charge in [-0.15, -0.1) is 0 Å². The summed E-state index contributed by atoms with van der Waals surface area (Å²) < 4.78 is 31.7. The molecule has 3 aromatic carbocycles. The number of hydrogen-bond donors (Lipinski definition) is 4. The Balaban J connectivity index is 0.000000532. The highest BCUT2D eigenvalue weighted by molar-refractivity contribution is 6.01. The number of benzene rings is 3. The zero-order valence-electron chi connectivity index (χ0n) is 22.0. The highest BCUT2D eigenvalue weighted by Gasteiger charge is 2.38. The number of hydrogen-bond acceptors (Lipinski definition) is 4. The van der Waals surface area contributed by atoms with Crippen molar-refractivity contribution >= 4 is 34.2 Å². The van der Waals surface area contributed by atoms with Crippen LogP contribution in [0, 0.1) is 6.92 Å². The van der Waals surface area contributed by atoms with E-state index in [4.69, 9.17) is 9.90 Å². The van der Waals surface area contributed by atoms with Gasteiger partial charge in [0.25, 0.3) is 5.91 Å². The summed E-state index contributed by atoms with van der Waals surface area (Å²) in [6.07, 6.45) is -2.16. The van der Waals surface area contributed by atoms with Crippen LogP contribution >= 0.6 is 0 Å². The molecule has 1 aliphatic heterocycles. The number of alkyl halides is 3. The van der Waals surface area contributed by atoms with Crippen LogP contribution in [-0.2, 0) is 9.59 Å². The molecule has 0 aliphatic carbocycles. The minimum atomic E-state index is -5.08. The molecule has 39 heavy (non-hydrogen) atoms. The molecule has 0 unspecified atom stereocenters. The summed E-state index contributed by atoms with van der Waals surface area (Å²) in [6.45, 7) is 6.69. The van der Waals surface area contributed by atoms with Crippen molar-refractivity contribution in [3.05, 3.63) is 77.4 Å². The molecule has 0 aromatic heterocycles. The second-order valence-electron chi connectivity index (χ2n) is 9.77. The maximum Gasteiger partial charge on any atom is 0.490 e. The third kappa shape index (κ3) is 7.57. The molecule has 7 nitrogen and oxygen atoms in total.